The minimum Gasteiger partial charge on any atom is -0.347 e. The van der Waals surface area contributed by atoms with Gasteiger partial charge in [-0.15, -0.1) is 0 Å². The molecule has 0 bridgehead atoms. The molecule has 1 fully saturated rings. The molecule has 4 heteroatoms. The molecule has 0 aromatic carbocycles. The van der Waals surface area contributed by atoms with Crippen LogP contribution in [-0.4, -0.2) is 42.0 Å². The fourth-order valence-corrected chi connectivity index (χ4v) is 7.62. The van der Waals surface area contributed by atoms with Gasteiger partial charge in [0.05, 0.1) is 12.7 Å². The van der Waals surface area contributed by atoms with E-state index in [0.717, 1.165) is 45.4 Å². The smallest absolute Gasteiger partial charge is 0.171 e. The summed E-state index contributed by atoms with van der Waals surface area (Å²) in [5, 5.41) is 0. The number of aromatic nitrogens is 1. The molecule has 2 rings (SSSR count). The third kappa shape index (κ3) is 25.2. The van der Waals surface area contributed by atoms with Crippen molar-refractivity contribution >= 4 is 0 Å². The van der Waals surface area contributed by atoms with Gasteiger partial charge in [0.1, 0.15) is 0 Å². The van der Waals surface area contributed by atoms with Gasteiger partial charge in [-0.05, 0) is 108 Å². The molecule has 0 saturated carbocycles. The maximum Gasteiger partial charge on any atom is 0.171 e. The van der Waals surface area contributed by atoms with Crippen molar-refractivity contribution in [3.63, 3.8) is 0 Å². The second-order valence-corrected chi connectivity index (χ2v) is 16.4. The highest BCUT2D eigenvalue weighted by Crippen LogP contribution is 2.39. The lowest BCUT2D eigenvalue weighted by Crippen LogP contribution is -2.39. The molecule has 54 heavy (non-hydrogen) atoms. The van der Waals surface area contributed by atoms with Crippen LogP contribution in [0.2, 0.25) is 0 Å². The number of ether oxygens (including phenoxy) is 2. The summed E-state index contributed by atoms with van der Waals surface area (Å²) in [6.07, 6.45) is 57.0. The number of hydrogen-bond acceptors (Lipinski definition) is 4. The summed E-state index contributed by atoms with van der Waals surface area (Å²) in [5.74, 6) is 0.0292. The van der Waals surface area contributed by atoms with Crippen molar-refractivity contribution in [3.05, 3.63) is 78.7 Å². The number of pyridine rings is 1. The Balaban J connectivity index is 1.66. The molecule has 0 aliphatic carbocycles. The highest BCUT2D eigenvalue weighted by molar-refractivity contribution is 5.09. The first-order chi connectivity index (χ1) is 26.6. The standard InChI is InChI=1S/C50H86N2O2/c1-5-7-9-11-13-15-17-19-21-23-25-27-29-31-33-35-37-47(3)50(53-46-49(54-50)40-44-52(4)45-48-38-42-51-43-39-48)41-36-34-32-30-28-26-24-22-20-18-16-14-12-10-8-6-2/h13-16,19-22,38-39,42-43,47,49H,5-12,17-18,23-37,40-41,44-46H2,1-4H3/b15-13-,16-14-,21-19-,22-20-/t47-,49?,50?/m1/s1. The molecule has 1 aromatic rings. The molecule has 2 unspecified atom stereocenters. The molecule has 0 radical (unpaired) electrons. The first-order valence-corrected chi connectivity index (χ1v) is 23.1. The van der Waals surface area contributed by atoms with Gasteiger partial charge in [-0.1, -0.05) is 153 Å². The Morgan fingerprint density at radius 3 is 1.69 bits per heavy atom. The Hall–Kier alpha value is -2.01. The Labute approximate surface area is 335 Å². The van der Waals surface area contributed by atoms with Crippen LogP contribution in [0.15, 0.2) is 73.1 Å². The largest absolute Gasteiger partial charge is 0.347 e. The summed E-state index contributed by atoms with van der Waals surface area (Å²) >= 11 is 0. The molecule has 3 atom stereocenters. The van der Waals surface area contributed by atoms with E-state index in [1.165, 1.54) is 153 Å². The lowest BCUT2D eigenvalue weighted by atomic mass is 9.89. The second-order valence-electron chi connectivity index (χ2n) is 16.4. The van der Waals surface area contributed by atoms with E-state index < -0.39 is 5.79 Å². The topological polar surface area (TPSA) is 34.6 Å². The molecule has 4 nitrogen and oxygen atoms in total. The van der Waals surface area contributed by atoms with E-state index in [-0.39, 0.29) is 6.10 Å². The quantitative estimate of drug-likeness (QED) is 0.0506. The lowest BCUT2D eigenvalue weighted by Gasteiger charge is -2.34. The van der Waals surface area contributed by atoms with Crippen molar-refractivity contribution < 1.29 is 9.47 Å². The number of unbranched alkanes of at least 4 members (excludes halogenated alkanes) is 18. The molecular weight excluding hydrogens is 661 g/mol. The van der Waals surface area contributed by atoms with E-state index in [2.05, 4.69) is 98.4 Å². The van der Waals surface area contributed by atoms with Crippen LogP contribution in [0.3, 0.4) is 0 Å². The summed E-state index contributed by atoms with van der Waals surface area (Å²) in [4.78, 5) is 6.56. The average molecular weight is 747 g/mol. The summed E-state index contributed by atoms with van der Waals surface area (Å²) in [7, 11) is 2.21. The Morgan fingerprint density at radius 2 is 1.15 bits per heavy atom. The maximum absolute atomic E-state index is 6.93. The van der Waals surface area contributed by atoms with Crippen LogP contribution < -0.4 is 0 Å². The maximum atomic E-state index is 6.93. The molecule has 0 N–H and O–H groups in total. The van der Waals surface area contributed by atoms with Gasteiger partial charge in [-0.25, -0.2) is 0 Å². The zero-order chi connectivity index (χ0) is 38.6. The fraction of sp³-hybridized carbons (Fsp3) is 0.740. The Kier molecular flexibility index (Phi) is 30.5. The molecule has 0 amide bonds. The summed E-state index contributed by atoms with van der Waals surface area (Å²) in [6.45, 7) is 9.63. The molecule has 1 aromatic heterocycles. The van der Waals surface area contributed by atoms with E-state index in [9.17, 15) is 0 Å². The molecule has 1 aliphatic heterocycles. The Bertz CT molecular complexity index is 1080. The predicted molar refractivity (Wildman–Crippen MR) is 236 cm³/mol. The summed E-state index contributed by atoms with van der Waals surface area (Å²) in [5.41, 5.74) is 1.31. The van der Waals surface area contributed by atoms with Crippen LogP contribution in [0.4, 0.5) is 0 Å². The zero-order valence-electron chi connectivity index (χ0n) is 36.0. The van der Waals surface area contributed by atoms with Crippen LogP contribution in [-0.2, 0) is 16.0 Å². The summed E-state index contributed by atoms with van der Waals surface area (Å²) in [6, 6.07) is 4.22. The third-order valence-corrected chi connectivity index (χ3v) is 11.2. The van der Waals surface area contributed by atoms with Gasteiger partial charge in [-0.2, -0.15) is 0 Å². The first-order valence-electron chi connectivity index (χ1n) is 23.1. The van der Waals surface area contributed by atoms with Gasteiger partial charge in [0.2, 0.25) is 0 Å². The predicted octanol–water partition coefficient (Wildman–Crippen LogP) is 15.1. The van der Waals surface area contributed by atoms with E-state index in [0.29, 0.717) is 5.92 Å². The lowest BCUT2D eigenvalue weighted by molar-refractivity contribution is -0.209. The van der Waals surface area contributed by atoms with Gasteiger partial charge in [0, 0.05) is 37.8 Å². The normalized spacial score (nSPS) is 18.5. The van der Waals surface area contributed by atoms with Crippen LogP contribution >= 0.6 is 0 Å². The highest BCUT2D eigenvalue weighted by atomic mass is 16.7. The van der Waals surface area contributed by atoms with Gasteiger partial charge in [-0.3, -0.25) is 4.98 Å². The fourth-order valence-electron chi connectivity index (χ4n) is 7.62. The Morgan fingerprint density at radius 1 is 0.667 bits per heavy atom. The van der Waals surface area contributed by atoms with Crippen molar-refractivity contribution in [1.82, 2.24) is 9.88 Å². The van der Waals surface area contributed by atoms with Gasteiger partial charge < -0.3 is 14.4 Å². The van der Waals surface area contributed by atoms with Crippen molar-refractivity contribution in [2.45, 2.75) is 213 Å². The second kappa shape index (κ2) is 34.3. The number of rotatable bonds is 36. The van der Waals surface area contributed by atoms with E-state index in [1.54, 1.807) is 0 Å². The third-order valence-electron chi connectivity index (χ3n) is 11.2. The molecule has 308 valence electrons. The first kappa shape index (κ1) is 48.1. The van der Waals surface area contributed by atoms with E-state index >= 15 is 0 Å². The minimum atomic E-state index is -0.402. The van der Waals surface area contributed by atoms with Crippen molar-refractivity contribution in [1.29, 1.82) is 0 Å². The van der Waals surface area contributed by atoms with Gasteiger partial charge >= 0.3 is 0 Å². The van der Waals surface area contributed by atoms with Gasteiger partial charge in [0.15, 0.2) is 5.79 Å². The minimum absolute atomic E-state index is 0.188. The van der Waals surface area contributed by atoms with Crippen molar-refractivity contribution in [2.75, 3.05) is 20.2 Å². The molecular formula is C50H86N2O2. The average Bonchev–Trinajstić information content (AvgIpc) is 3.61. The number of hydrogen-bond donors (Lipinski definition) is 0. The van der Waals surface area contributed by atoms with Crippen LogP contribution in [0.1, 0.15) is 200 Å². The van der Waals surface area contributed by atoms with Crippen LogP contribution in [0.5, 0.6) is 0 Å². The molecule has 1 saturated heterocycles. The highest BCUT2D eigenvalue weighted by Gasteiger charge is 2.44. The van der Waals surface area contributed by atoms with Crippen LogP contribution in [0.25, 0.3) is 0 Å². The monoisotopic (exact) mass is 747 g/mol. The molecule has 0 spiro atoms. The molecule has 1 aliphatic rings. The SMILES string of the molecule is CCCCC/C=C\C/C=C\CCCCCCCC[C@@H](C)C1(CCCCCCCC/C=C\C/C=C\CCCCC)OCC(CCN(C)Cc2ccncc2)O1. The molecule has 2 heterocycles. The number of nitrogens with zero attached hydrogens (tertiary/aromatic N) is 2. The summed E-state index contributed by atoms with van der Waals surface area (Å²) < 4.78 is 13.6. The van der Waals surface area contributed by atoms with Crippen molar-refractivity contribution in [3.8, 4) is 0 Å². The number of allylic oxidation sites excluding steroid dienone is 8. The van der Waals surface area contributed by atoms with Crippen molar-refractivity contribution in [2.24, 2.45) is 5.92 Å². The van der Waals surface area contributed by atoms with E-state index in [1.807, 2.05) is 12.4 Å². The van der Waals surface area contributed by atoms with Gasteiger partial charge in [0.25, 0.3) is 0 Å². The zero-order valence-corrected chi connectivity index (χ0v) is 36.0. The van der Waals surface area contributed by atoms with E-state index in [4.69, 9.17) is 9.47 Å². The van der Waals surface area contributed by atoms with Crippen LogP contribution in [0, 0.1) is 5.92 Å².